The summed E-state index contributed by atoms with van der Waals surface area (Å²) >= 11 is 0. The summed E-state index contributed by atoms with van der Waals surface area (Å²) in [5.74, 6) is -0.473. The first-order valence-electron chi connectivity index (χ1n) is 27.4. The fraction of sp³-hybridized carbons (Fsp3) is 0.944. The molecule has 21 heteroatoms. The summed E-state index contributed by atoms with van der Waals surface area (Å²) in [7, 11) is 0. The largest absolute Gasteiger partial charge is 0.390 e. The lowest BCUT2D eigenvalue weighted by Crippen LogP contribution is -2.68. The van der Waals surface area contributed by atoms with Gasteiger partial charge in [0.15, 0.2) is 25.2 Å². The zero-order valence-corrected chi connectivity index (χ0v) is 45.5. The summed E-state index contributed by atoms with van der Waals surface area (Å²) in [6.45, 7) is 20.1. The van der Waals surface area contributed by atoms with E-state index in [1.807, 2.05) is 13.0 Å². The molecule has 4 aliphatic carbocycles. The molecular formula is C54H90O21. The van der Waals surface area contributed by atoms with E-state index in [9.17, 15) is 66.1 Å². The second-order valence-electron chi connectivity index (χ2n) is 26.0. The number of fused-ring (bicyclic) bond motifs is 5. The van der Waals surface area contributed by atoms with E-state index >= 15 is 0 Å². The molecule has 75 heavy (non-hydrogen) atoms. The third-order valence-electron chi connectivity index (χ3n) is 20.3. The Kier molecular flexibility index (Phi) is 17.1. The Bertz CT molecular complexity index is 2020. The number of rotatable bonds is 13. The SMILES string of the molecule is C[C@@H]1O[C@@H](OC[C@H]2O[C@@H](O[C@H]3CC[C@]4(C)[C@H]5CC(=O)[C@@H]6[C@@H]([C@@](C)(O)C/C=C/C(C)(C)O)CC[C@@]6(C)[C@]5(C)CC[C@H]4C3(C)C)[C@H](O[C@@H]3O[C@@H](C)[C@H](O)[C@@H](O)[C@H]3O)[C@@H](O[C@@H]3O[C@@H](C)[C@H](O)[C@@H](O)[C@H]3O)[C@H]2O)[C@H](O)[C@H](O)[C@H]1O. The topological polar surface area (TPSA) is 334 Å². The highest BCUT2D eigenvalue weighted by molar-refractivity contribution is 5.84. The van der Waals surface area contributed by atoms with Gasteiger partial charge in [-0.2, -0.15) is 0 Å². The van der Waals surface area contributed by atoms with Gasteiger partial charge in [0.2, 0.25) is 0 Å². The van der Waals surface area contributed by atoms with Gasteiger partial charge in [0.05, 0.1) is 42.2 Å². The second-order valence-corrected chi connectivity index (χ2v) is 26.0. The van der Waals surface area contributed by atoms with Gasteiger partial charge in [-0.05, 0) is 126 Å². The highest BCUT2D eigenvalue weighted by Gasteiger charge is 2.72. The number of carbonyl (C=O) groups is 1. The number of ketones is 1. The van der Waals surface area contributed by atoms with Crippen molar-refractivity contribution < 1.29 is 104 Å². The van der Waals surface area contributed by atoms with Crippen molar-refractivity contribution in [2.24, 2.45) is 45.3 Å². The molecule has 0 aromatic rings. The third kappa shape index (κ3) is 10.6. The number of carbonyl (C=O) groups excluding carboxylic acids is 1. The molecule has 0 bridgehead atoms. The van der Waals surface area contributed by atoms with Crippen LogP contribution in [-0.2, 0) is 42.7 Å². The van der Waals surface area contributed by atoms with E-state index in [4.69, 9.17) is 37.9 Å². The van der Waals surface area contributed by atoms with Crippen LogP contribution in [0.2, 0.25) is 0 Å². The highest BCUT2D eigenvalue weighted by Crippen LogP contribution is 2.75. The molecule has 4 saturated carbocycles. The minimum Gasteiger partial charge on any atom is -0.390 e. The van der Waals surface area contributed by atoms with Crippen LogP contribution in [0.5, 0.6) is 0 Å². The first-order chi connectivity index (χ1) is 34.7. The molecule has 0 aromatic carbocycles. The monoisotopic (exact) mass is 1070 g/mol. The highest BCUT2D eigenvalue weighted by atomic mass is 16.8. The molecule has 0 amide bonds. The Morgan fingerprint density at radius 3 is 1.63 bits per heavy atom. The Labute approximate surface area is 440 Å². The van der Waals surface area contributed by atoms with Crippen LogP contribution < -0.4 is 0 Å². The van der Waals surface area contributed by atoms with E-state index in [1.54, 1.807) is 19.9 Å². The molecule has 4 saturated heterocycles. The fourth-order valence-electron chi connectivity index (χ4n) is 15.6. The van der Waals surface area contributed by atoms with Crippen LogP contribution in [-0.4, -0.2) is 214 Å². The number of hydrogen-bond acceptors (Lipinski definition) is 21. The van der Waals surface area contributed by atoms with Gasteiger partial charge in [-0.3, -0.25) is 4.79 Å². The van der Waals surface area contributed by atoms with Gasteiger partial charge in [0.1, 0.15) is 85.1 Å². The first kappa shape index (κ1) is 59.7. The first-order valence-corrected chi connectivity index (χ1v) is 27.4. The van der Waals surface area contributed by atoms with Gasteiger partial charge < -0.3 is 99.2 Å². The molecule has 8 fully saturated rings. The molecule has 0 spiro atoms. The number of aliphatic hydroxyl groups excluding tert-OH is 10. The summed E-state index contributed by atoms with van der Waals surface area (Å²) < 4.78 is 49.9. The molecule has 8 aliphatic rings. The van der Waals surface area contributed by atoms with Crippen molar-refractivity contribution in [3.8, 4) is 0 Å². The van der Waals surface area contributed by atoms with Crippen LogP contribution in [0.4, 0.5) is 0 Å². The van der Waals surface area contributed by atoms with Crippen molar-refractivity contribution in [1.82, 2.24) is 0 Å². The smallest absolute Gasteiger partial charge is 0.187 e. The molecule has 12 N–H and O–H groups in total. The van der Waals surface area contributed by atoms with Gasteiger partial charge in [-0.25, -0.2) is 0 Å². The molecule has 4 aliphatic heterocycles. The van der Waals surface area contributed by atoms with E-state index in [0.717, 1.165) is 19.3 Å². The quantitative estimate of drug-likeness (QED) is 0.0857. The minimum absolute atomic E-state index is 0.0143. The van der Waals surface area contributed by atoms with Crippen molar-refractivity contribution in [2.45, 2.75) is 268 Å². The van der Waals surface area contributed by atoms with E-state index < -0.39 is 158 Å². The van der Waals surface area contributed by atoms with Crippen LogP contribution in [0, 0.1) is 45.3 Å². The van der Waals surface area contributed by atoms with Crippen LogP contribution in [0.25, 0.3) is 0 Å². The maximum Gasteiger partial charge on any atom is 0.187 e. The third-order valence-corrected chi connectivity index (χ3v) is 20.3. The average Bonchev–Trinajstić information content (AvgIpc) is 3.72. The van der Waals surface area contributed by atoms with Crippen LogP contribution in [0.1, 0.15) is 128 Å². The fourth-order valence-corrected chi connectivity index (χ4v) is 15.6. The lowest BCUT2D eigenvalue weighted by atomic mass is 9.35. The van der Waals surface area contributed by atoms with Gasteiger partial charge in [-0.15, -0.1) is 0 Å². The van der Waals surface area contributed by atoms with E-state index in [-0.39, 0.29) is 40.3 Å². The summed E-state index contributed by atoms with van der Waals surface area (Å²) in [6.07, 6.45) is -23.5. The van der Waals surface area contributed by atoms with E-state index in [1.165, 1.54) is 20.8 Å². The lowest BCUT2D eigenvalue weighted by molar-refractivity contribution is -0.400. The van der Waals surface area contributed by atoms with Gasteiger partial charge >= 0.3 is 0 Å². The standard InChI is InChI=1S/C54H90O21/c1-23-33(56)37(60)40(63)45(69-23)68-22-28-36(59)43(74-46-41(64)38(61)34(57)24(2)70-46)44(75-47-42(65)39(62)35(58)25(3)71-47)48(72-28)73-31-15-18-51(8)29(50(31,6)7)14-20-52(9)30(51)21-27(55)32-26(13-19-53(32,52)10)54(11,67)17-12-16-49(4,5)66/h12,16,23-26,28-48,56-67H,13-15,17-22H2,1-11H3/b16-12+/t23-,24-,25-,26-,28+,29-,30+,31-,32-,33-,34-,35-,36-,37+,38+,39+,40+,41+,42+,43-,44+,45+,46-,47-,48-,51-,52+,53+,54-/m0/s1. The molecule has 432 valence electrons. The molecule has 0 aromatic heterocycles. The normalized spacial score (nSPS) is 53.2. The Morgan fingerprint density at radius 1 is 0.573 bits per heavy atom. The molecule has 21 nitrogen and oxygen atoms in total. The molecule has 0 unspecified atom stereocenters. The molecule has 0 radical (unpaired) electrons. The van der Waals surface area contributed by atoms with Crippen LogP contribution in [0.15, 0.2) is 12.2 Å². The van der Waals surface area contributed by atoms with E-state index in [0.29, 0.717) is 32.1 Å². The van der Waals surface area contributed by atoms with E-state index in [2.05, 4.69) is 34.6 Å². The zero-order valence-electron chi connectivity index (χ0n) is 45.5. The number of aliphatic hydroxyl groups is 12. The van der Waals surface area contributed by atoms with Crippen molar-refractivity contribution in [3.63, 3.8) is 0 Å². The maximum absolute atomic E-state index is 14.9. The summed E-state index contributed by atoms with van der Waals surface area (Å²) in [6, 6.07) is 0. The number of Topliss-reactive ketones (excluding diaryl/α,β-unsaturated/α-hetero) is 1. The Hall–Kier alpha value is -1.39. The van der Waals surface area contributed by atoms with Crippen molar-refractivity contribution in [1.29, 1.82) is 0 Å². The average molecular weight is 1080 g/mol. The Morgan fingerprint density at radius 2 is 1.08 bits per heavy atom. The number of hydrogen-bond donors (Lipinski definition) is 12. The Balaban J connectivity index is 1.10. The van der Waals surface area contributed by atoms with Gasteiger partial charge in [0, 0.05) is 12.3 Å². The lowest BCUT2D eigenvalue weighted by Gasteiger charge is -2.69. The zero-order chi connectivity index (χ0) is 55.4. The van der Waals surface area contributed by atoms with Crippen molar-refractivity contribution >= 4 is 5.78 Å². The summed E-state index contributed by atoms with van der Waals surface area (Å²) in [4.78, 5) is 14.9. The summed E-state index contributed by atoms with van der Waals surface area (Å²) in [5.41, 5.74) is -3.89. The van der Waals surface area contributed by atoms with Crippen LogP contribution in [0.3, 0.4) is 0 Å². The van der Waals surface area contributed by atoms with Crippen molar-refractivity contribution in [2.75, 3.05) is 6.61 Å². The predicted molar refractivity (Wildman–Crippen MR) is 262 cm³/mol. The van der Waals surface area contributed by atoms with Crippen LogP contribution >= 0.6 is 0 Å². The minimum atomic E-state index is -1.87. The second kappa shape index (κ2) is 21.5. The van der Waals surface area contributed by atoms with Crippen molar-refractivity contribution in [3.05, 3.63) is 12.2 Å². The van der Waals surface area contributed by atoms with Gasteiger partial charge in [0.25, 0.3) is 0 Å². The molecular weight excluding hydrogens is 985 g/mol. The molecule has 8 rings (SSSR count). The molecule has 4 heterocycles. The van der Waals surface area contributed by atoms with Gasteiger partial charge in [-0.1, -0.05) is 46.8 Å². The summed E-state index contributed by atoms with van der Waals surface area (Å²) in [5, 5.41) is 132. The predicted octanol–water partition coefficient (Wildman–Crippen LogP) is 0.0592. The maximum atomic E-state index is 14.9. The molecule has 29 atom stereocenters. The number of ether oxygens (including phenoxy) is 8.